The van der Waals surface area contributed by atoms with Gasteiger partial charge in [0.2, 0.25) is 5.91 Å². The fourth-order valence-electron chi connectivity index (χ4n) is 1.66. The van der Waals surface area contributed by atoms with Gasteiger partial charge in [0.15, 0.2) is 5.78 Å². The van der Waals surface area contributed by atoms with E-state index in [-0.39, 0.29) is 17.0 Å². The van der Waals surface area contributed by atoms with E-state index < -0.39 is 5.54 Å². The molecule has 0 spiro atoms. The van der Waals surface area contributed by atoms with Crippen molar-refractivity contribution in [3.8, 4) is 0 Å². The van der Waals surface area contributed by atoms with Crippen LogP contribution in [-0.4, -0.2) is 35.8 Å². The topological polar surface area (TPSA) is 55.4 Å². The Labute approximate surface area is 91.5 Å². The molecule has 0 unspecified atom stereocenters. The highest BCUT2D eigenvalue weighted by atomic mass is 79.9. The number of ether oxygens (including phenoxy) is 1. The monoisotopic (exact) mass is 263 g/mol. The van der Waals surface area contributed by atoms with Crippen molar-refractivity contribution in [2.45, 2.75) is 25.3 Å². The number of hydrogen-bond donors (Lipinski definition) is 1. The normalized spacial score (nSPS) is 20.1. The van der Waals surface area contributed by atoms with Crippen LogP contribution in [0.1, 0.15) is 19.8 Å². The quantitative estimate of drug-likeness (QED) is 0.761. The SMILES string of the molecule is CC(=O)NC1(C(=O)CBr)CCOCC1. The molecule has 0 atom stereocenters. The van der Waals surface area contributed by atoms with Gasteiger partial charge in [-0.3, -0.25) is 9.59 Å². The lowest BCUT2D eigenvalue weighted by atomic mass is 9.86. The molecule has 0 bridgehead atoms. The van der Waals surface area contributed by atoms with E-state index >= 15 is 0 Å². The maximum absolute atomic E-state index is 11.7. The molecule has 0 saturated carbocycles. The number of hydrogen-bond acceptors (Lipinski definition) is 3. The zero-order valence-corrected chi connectivity index (χ0v) is 9.72. The Balaban J connectivity index is 2.76. The van der Waals surface area contributed by atoms with Crippen molar-refractivity contribution >= 4 is 27.6 Å². The van der Waals surface area contributed by atoms with Gasteiger partial charge in [-0.15, -0.1) is 0 Å². The third-order valence-corrected chi connectivity index (χ3v) is 2.93. The summed E-state index contributed by atoms with van der Waals surface area (Å²) in [6.45, 7) is 2.48. The van der Waals surface area contributed by atoms with Crippen LogP contribution in [-0.2, 0) is 14.3 Å². The molecule has 1 heterocycles. The molecule has 1 amide bonds. The van der Waals surface area contributed by atoms with Crippen molar-refractivity contribution in [1.82, 2.24) is 5.32 Å². The number of carbonyl (C=O) groups is 2. The van der Waals surface area contributed by atoms with E-state index in [1.165, 1.54) is 6.92 Å². The smallest absolute Gasteiger partial charge is 0.217 e. The van der Waals surface area contributed by atoms with E-state index in [4.69, 9.17) is 4.74 Å². The van der Waals surface area contributed by atoms with Gasteiger partial charge >= 0.3 is 0 Å². The second-order valence-electron chi connectivity index (χ2n) is 3.43. The molecule has 0 aromatic rings. The number of alkyl halides is 1. The second-order valence-corrected chi connectivity index (χ2v) is 3.99. The van der Waals surface area contributed by atoms with Crippen LogP contribution in [0, 0.1) is 0 Å². The first-order valence-electron chi connectivity index (χ1n) is 4.56. The fraction of sp³-hybridized carbons (Fsp3) is 0.778. The van der Waals surface area contributed by atoms with Crippen LogP contribution < -0.4 is 5.32 Å². The van der Waals surface area contributed by atoms with E-state index in [1.807, 2.05) is 0 Å². The molecule has 0 aromatic carbocycles. The van der Waals surface area contributed by atoms with Gasteiger partial charge in [-0.25, -0.2) is 0 Å². The van der Waals surface area contributed by atoms with Crippen molar-refractivity contribution in [3.05, 3.63) is 0 Å². The zero-order valence-electron chi connectivity index (χ0n) is 8.14. The summed E-state index contributed by atoms with van der Waals surface area (Å²) >= 11 is 3.13. The molecular weight excluding hydrogens is 250 g/mol. The highest BCUT2D eigenvalue weighted by molar-refractivity contribution is 9.09. The first-order valence-corrected chi connectivity index (χ1v) is 5.68. The molecule has 80 valence electrons. The van der Waals surface area contributed by atoms with Gasteiger partial charge < -0.3 is 10.1 Å². The number of carbonyl (C=O) groups excluding carboxylic acids is 2. The van der Waals surface area contributed by atoms with Gasteiger partial charge in [0.25, 0.3) is 0 Å². The minimum Gasteiger partial charge on any atom is -0.381 e. The molecule has 0 aliphatic carbocycles. The van der Waals surface area contributed by atoms with E-state index in [1.54, 1.807) is 0 Å². The molecule has 1 N–H and O–H groups in total. The summed E-state index contributed by atoms with van der Waals surface area (Å²) in [5.74, 6) is -0.141. The Morgan fingerprint density at radius 2 is 2.00 bits per heavy atom. The summed E-state index contributed by atoms with van der Waals surface area (Å²) in [6, 6.07) is 0. The molecule has 14 heavy (non-hydrogen) atoms. The Morgan fingerprint density at radius 3 is 2.43 bits per heavy atom. The molecular formula is C9H14BrNO3. The molecule has 0 radical (unpaired) electrons. The predicted molar refractivity (Wildman–Crippen MR) is 55.4 cm³/mol. The van der Waals surface area contributed by atoms with E-state index in [2.05, 4.69) is 21.2 Å². The van der Waals surface area contributed by atoms with Crippen LogP contribution in [0.3, 0.4) is 0 Å². The summed E-state index contributed by atoms with van der Waals surface area (Å²) in [6.07, 6.45) is 1.13. The van der Waals surface area contributed by atoms with Crippen molar-refractivity contribution in [3.63, 3.8) is 0 Å². The molecule has 5 heteroatoms. The lowest BCUT2D eigenvalue weighted by Crippen LogP contribution is -2.57. The molecule has 1 rings (SSSR count). The Morgan fingerprint density at radius 1 is 1.43 bits per heavy atom. The number of rotatable bonds is 3. The van der Waals surface area contributed by atoms with Gasteiger partial charge in [0.1, 0.15) is 5.54 Å². The number of ketones is 1. The standard InChI is InChI=1S/C9H14BrNO3/c1-7(12)11-9(8(13)6-10)2-4-14-5-3-9/h2-6H2,1H3,(H,11,12). The molecule has 1 fully saturated rings. The fourth-order valence-corrected chi connectivity index (χ4v) is 2.19. The van der Waals surface area contributed by atoms with Gasteiger partial charge in [-0.1, -0.05) is 15.9 Å². The van der Waals surface area contributed by atoms with E-state index in [0.29, 0.717) is 26.1 Å². The Kier molecular flexibility index (Phi) is 4.07. The summed E-state index contributed by atoms with van der Waals surface area (Å²) < 4.78 is 5.18. The minimum absolute atomic E-state index is 0.0241. The summed E-state index contributed by atoms with van der Waals surface area (Å²) in [4.78, 5) is 22.7. The maximum Gasteiger partial charge on any atom is 0.217 e. The van der Waals surface area contributed by atoms with Crippen LogP contribution in [0.5, 0.6) is 0 Å². The van der Waals surface area contributed by atoms with Crippen molar-refractivity contribution in [2.75, 3.05) is 18.5 Å². The molecule has 1 aliphatic rings. The highest BCUT2D eigenvalue weighted by Crippen LogP contribution is 2.22. The lowest BCUT2D eigenvalue weighted by Gasteiger charge is -2.35. The van der Waals surface area contributed by atoms with Gasteiger partial charge in [-0.2, -0.15) is 0 Å². The molecule has 0 aromatic heterocycles. The lowest BCUT2D eigenvalue weighted by molar-refractivity contribution is -0.133. The highest BCUT2D eigenvalue weighted by Gasteiger charge is 2.39. The second kappa shape index (κ2) is 4.89. The van der Waals surface area contributed by atoms with E-state index in [9.17, 15) is 9.59 Å². The number of halogens is 1. The third-order valence-electron chi connectivity index (χ3n) is 2.42. The zero-order chi connectivity index (χ0) is 10.6. The summed E-state index contributed by atoms with van der Waals surface area (Å²) in [5, 5.41) is 3.02. The average molecular weight is 264 g/mol. The first-order chi connectivity index (χ1) is 6.60. The first kappa shape index (κ1) is 11.7. The Hall–Kier alpha value is -0.420. The average Bonchev–Trinajstić information content (AvgIpc) is 2.17. The maximum atomic E-state index is 11.7. The number of amides is 1. The summed E-state index contributed by atoms with van der Waals surface area (Å²) in [5.41, 5.74) is -0.701. The summed E-state index contributed by atoms with van der Waals surface area (Å²) in [7, 11) is 0. The van der Waals surface area contributed by atoms with Crippen molar-refractivity contribution < 1.29 is 14.3 Å². The Bertz CT molecular complexity index is 236. The largest absolute Gasteiger partial charge is 0.381 e. The van der Waals surface area contributed by atoms with Crippen LogP contribution >= 0.6 is 15.9 Å². The van der Waals surface area contributed by atoms with Crippen LogP contribution in [0.25, 0.3) is 0 Å². The minimum atomic E-state index is -0.701. The van der Waals surface area contributed by atoms with Crippen LogP contribution in [0.15, 0.2) is 0 Å². The van der Waals surface area contributed by atoms with Gasteiger partial charge in [-0.05, 0) is 0 Å². The molecule has 4 nitrogen and oxygen atoms in total. The van der Waals surface area contributed by atoms with Gasteiger partial charge in [0.05, 0.1) is 5.33 Å². The van der Waals surface area contributed by atoms with Crippen LogP contribution in [0.2, 0.25) is 0 Å². The van der Waals surface area contributed by atoms with E-state index in [0.717, 1.165) is 0 Å². The van der Waals surface area contributed by atoms with Gasteiger partial charge in [0, 0.05) is 33.0 Å². The third kappa shape index (κ3) is 2.54. The van der Waals surface area contributed by atoms with Crippen LogP contribution in [0.4, 0.5) is 0 Å². The van der Waals surface area contributed by atoms with Crippen molar-refractivity contribution in [1.29, 1.82) is 0 Å². The molecule has 1 aliphatic heterocycles. The number of Topliss-reactive ketones (excluding diaryl/α,β-unsaturated/α-hetero) is 1. The molecule has 1 saturated heterocycles. The van der Waals surface area contributed by atoms with Crippen molar-refractivity contribution in [2.24, 2.45) is 0 Å². The predicted octanol–water partition coefficient (Wildman–Crippen LogP) is 0.636. The number of nitrogens with one attached hydrogen (secondary N) is 1.